The second kappa shape index (κ2) is 5.10. The average molecular weight is 261 g/mol. The number of halogens is 2. The normalized spacial score (nSPS) is 16.0. The van der Waals surface area contributed by atoms with Gasteiger partial charge in [0.15, 0.2) is 5.17 Å². The third-order valence-electron chi connectivity index (χ3n) is 1.97. The van der Waals surface area contributed by atoms with Gasteiger partial charge in [0.2, 0.25) is 0 Å². The van der Waals surface area contributed by atoms with Crippen molar-refractivity contribution in [2.75, 3.05) is 17.6 Å². The van der Waals surface area contributed by atoms with Crippen LogP contribution >= 0.6 is 35.0 Å². The number of anilines is 1. The maximum atomic E-state index is 6.03. The molecule has 80 valence electrons. The molecule has 5 heteroatoms. The van der Waals surface area contributed by atoms with Crippen molar-refractivity contribution in [2.24, 2.45) is 4.99 Å². The van der Waals surface area contributed by atoms with Gasteiger partial charge in [0.05, 0.1) is 10.7 Å². The number of amidine groups is 1. The van der Waals surface area contributed by atoms with Crippen molar-refractivity contribution in [1.29, 1.82) is 0 Å². The minimum absolute atomic E-state index is 0.660. The molecule has 2 nitrogen and oxygen atoms in total. The van der Waals surface area contributed by atoms with E-state index in [9.17, 15) is 0 Å². The highest BCUT2D eigenvalue weighted by atomic mass is 35.5. The summed E-state index contributed by atoms with van der Waals surface area (Å²) in [4.78, 5) is 4.36. The van der Waals surface area contributed by atoms with Gasteiger partial charge in [-0.05, 0) is 24.6 Å². The van der Waals surface area contributed by atoms with Gasteiger partial charge < -0.3 is 5.32 Å². The summed E-state index contributed by atoms with van der Waals surface area (Å²) in [5, 5.41) is 5.44. The standard InChI is InChI=1S/C10H10Cl2N2S/c11-7-2-3-8(12)9(6-7)14-10-13-4-1-5-15-10/h2-3,6H,1,4-5H2,(H,13,14). The third kappa shape index (κ3) is 3.03. The maximum absolute atomic E-state index is 6.03. The van der Waals surface area contributed by atoms with Gasteiger partial charge in [-0.1, -0.05) is 35.0 Å². The smallest absolute Gasteiger partial charge is 0.161 e. The molecule has 2 rings (SSSR count). The first-order chi connectivity index (χ1) is 7.25. The van der Waals surface area contributed by atoms with Crippen LogP contribution < -0.4 is 5.32 Å². The predicted molar refractivity (Wildman–Crippen MR) is 69.5 cm³/mol. The highest BCUT2D eigenvalue weighted by molar-refractivity contribution is 8.14. The summed E-state index contributed by atoms with van der Waals surface area (Å²) in [5.74, 6) is 1.10. The summed E-state index contributed by atoms with van der Waals surface area (Å²) < 4.78 is 0. The summed E-state index contributed by atoms with van der Waals surface area (Å²) in [6.45, 7) is 0.882. The van der Waals surface area contributed by atoms with E-state index in [0.717, 1.165) is 29.6 Å². The number of nitrogens with one attached hydrogen (secondary N) is 1. The molecule has 0 atom stereocenters. The van der Waals surface area contributed by atoms with Crippen LogP contribution in [0.1, 0.15) is 6.42 Å². The van der Waals surface area contributed by atoms with Crippen LogP contribution in [-0.2, 0) is 0 Å². The molecule has 1 aliphatic heterocycles. The molecule has 0 unspecified atom stereocenters. The zero-order valence-corrected chi connectivity index (χ0v) is 10.3. The fraction of sp³-hybridized carbons (Fsp3) is 0.300. The van der Waals surface area contributed by atoms with Gasteiger partial charge in [-0.25, -0.2) is 0 Å². The van der Waals surface area contributed by atoms with Gasteiger partial charge in [-0.15, -0.1) is 0 Å². The van der Waals surface area contributed by atoms with Crippen LogP contribution in [0, 0.1) is 0 Å². The van der Waals surface area contributed by atoms with E-state index < -0.39 is 0 Å². The lowest BCUT2D eigenvalue weighted by molar-refractivity contribution is 0.938. The lowest BCUT2D eigenvalue weighted by atomic mass is 10.3. The number of benzene rings is 1. The first kappa shape index (κ1) is 11.1. The molecule has 0 bridgehead atoms. The zero-order chi connectivity index (χ0) is 10.7. The Kier molecular flexibility index (Phi) is 3.78. The first-order valence-corrected chi connectivity index (χ1v) is 6.39. The Morgan fingerprint density at radius 2 is 2.20 bits per heavy atom. The third-order valence-corrected chi connectivity index (χ3v) is 3.53. The van der Waals surface area contributed by atoms with E-state index in [4.69, 9.17) is 23.2 Å². The highest BCUT2D eigenvalue weighted by Crippen LogP contribution is 2.27. The molecule has 1 N–H and O–H groups in total. The van der Waals surface area contributed by atoms with E-state index in [2.05, 4.69) is 10.3 Å². The number of thioether (sulfide) groups is 1. The number of rotatable bonds is 1. The Hall–Kier alpha value is -0.380. The molecule has 0 amide bonds. The number of hydrogen-bond donors (Lipinski definition) is 1. The van der Waals surface area contributed by atoms with Crippen LogP contribution in [0.2, 0.25) is 10.0 Å². The Morgan fingerprint density at radius 3 is 2.93 bits per heavy atom. The number of hydrogen-bond acceptors (Lipinski definition) is 3. The second-order valence-electron chi connectivity index (χ2n) is 3.14. The van der Waals surface area contributed by atoms with Gasteiger partial charge in [0.25, 0.3) is 0 Å². The molecule has 15 heavy (non-hydrogen) atoms. The van der Waals surface area contributed by atoms with Gasteiger partial charge >= 0.3 is 0 Å². The van der Waals surface area contributed by atoms with Gasteiger partial charge in [0, 0.05) is 17.3 Å². The van der Waals surface area contributed by atoms with Crippen molar-refractivity contribution in [1.82, 2.24) is 0 Å². The monoisotopic (exact) mass is 260 g/mol. The molecule has 0 saturated carbocycles. The van der Waals surface area contributed by atoms with E-state index in [1.807, 2.05) is 6.07 Å². The zero-order valence-electron chi connectivity index (χ0n) is 7.96. The average Bonchev–Trinajstić information content (AvgIpc) is 2.25. The van der Waals surface area contributed by atoms with Crippen molar-refractivity contribution < 1.29 is 0 Å². The fourth-order valence-electron chi connectivity index (χ4n) is 1.24. The molecule has 0 spiro atoms. The van der Waals surface area contributed by atoms with Crippen LogP contribution in [0.4, 0.5) is 5.69 Å². The summed E-state index contributed by atoms with van der Waals surface area (Å²) in [5.41, 5.74) is 0.817. The second-order valence-corrected chi connectivity index (χ2v) is 5.07. The van der Waals surface area contributed by atoms with Crippen LogP contribution in [0.25, 0.3) is 0 Å². The summed E-state index contributed by atoms with van der Waals surface area (Å²) in [6.07, 6.45) is 1.14. The molecule has 0 aliphatic carbocycles. The predicted octanol–water partition coefficient (Wildman–Crippen LogP) is 3.90. The maximum Gasteiger partial charge on any atom is 0.161 e. The number of aliphatic imine (C=N–C) groups is 1. The van der Waals surface area contributed by atoms with Gasteiger partial charge in [-0.2, -0.15) is 0 Å². The minimum atomic E-state index is 0.660. The topological polar surface area (TPSA) is 24.4 Å². The largest absolute Gasteiger partial charge is 0.334 e. The van der Waals surface area contributed by atoms with Crippen LogP contribution in [-0.4, -0.2) is 17.5 Å². The summed E-state index contributed by atoms with van der Waals surface area (Å²) >= 11 is 13.6. The van der Waals surface area contributed by atoms with Gasteiger partial charge in [-0.3, -0.25) is 4.99 Å². The van der Waals surface area contributed by atoms with Crippen molar-refractivity contribution in [3.63, 3.8) is 0 Å². The Labute approximate surface area is 103 Å². The van der Waals surface area contributed by atoms with E-state index in [1.54, 1.807) is 23.9 Å². The molecule has 1 aliphatic rings. The van der Waals surface area contributed by atoms with Crippen LogP contribution in [0.15, 0.2) is 23.2 Å². The molecular formula is C10H10Cl2N2S. The van der Waals surface area contributed by atoms with Crippen molar-refractivity contribution in [2.45, 2.75) is 6.42 Å². The highest BCUT2D eigenvalue weighted by Gasteiger charge is 2.08. The first-order valence-electron chi connectivity index (χ1n) is 4.65. The van der Waals surface area contributed by atoms with E-state index in [1.165, 1.54) is 0 Å². The molecule has 1 aromatic carbocycles. The van der Waals surface area contributed by atoms with Crippen molar-refractivity contribution in [3.8, 4) is 0 Å². The fourth-order valence-corrected chi connectivity index (χ4v) is 2.41. The SMILES string of the molecule is Clc1ccc(Cl)c(NC2=NCCCS2)c1. The van der Waals surface area contributed by atoms with Crippen LogP contribution in [0.5, 0.6) is 0 Å². The summed E-state index contributed by atoms with van der Waals surface area (Å²) in [6, 6.07) is 5.35. The molecule has 1 heterocycles. The Morgan fingerprint density at radius 1 is 1.33 bits per heavy atom. The lowest BCUT2D eigenvalue weighted by Gasteiger charge is -2.14. The Balaban J connectivity index is 2.15. The van der Waals surface area contributed by atoms with Crippen molar-refractivity contribution >= 4 is 45.8 Å². The van der Waals surface area contributed by atoms with E-state index in [0.29, 0.717) is 10.0 Å². The van der Waals surface area contributed by atoms with Gasteiger partial charge in [0.1, 0.15) is 0 Å². The molecule has 0 aromatic heterocycles. The Bertz CT molecular complexity index is 393. The molecule has 0 radical (unpaired) electrons. The summed E-state index contributed by atoms with van der Waals surface area (Å²) in [7, 11) is 0. The lowest BCUT2D eigenvalue weighted by Crippen LogP contribution is -2.13. The van der Waals surface area contributed by atoms with Crippen LogP contribution in [0.3, 0.4) is 0 Å². The quantitative estimate of drug-likeness (QED) is 0.829. The molecule has 0 saturated heterocycles. The van der Waals surface area contributed by atoms with E-state index >= 15 is 0 Å². The van der Waals surface area contributed by atoms with E-state index in [-0.39, 0.29) is 0 Å². The molecule has 1 aromatic rings. The minimum Gasteiger partial charge on any atom is -0.334 e. The number of nitrogens with zero attached hydrogens (tertiary/aromatic N) is 1. The molecule has 0 fully saturated rings. The van der Waals surface area contributed by atoms with Crippen molar-refractivity contribution in [3.05, 3.63) is 28.2 Å². The molecular weight excluding hydrogens is 251 g/mol.